The second kappa shape index (κ2) is 10.0. The zero-order valence-corrected chi connectivity index (χ0v) is 19.6. The molecule has 0 radical (unpaired) electrons. The van der Waals surface area contributed by atoms with Crippen molar-refractivity contribution >= 4 is 11.6 Å². The number of methoxy groups -OCH3 is 2. The smallest absolute Gasteiger partial charge is 0.241 e. The number of nitrogens with zero attached hydrogens (tertiary/aromatic N) is 3. The van der Waals surface area contributed by atoms with Gasteiger partial charge in [-0.15, -0.1) is 0 Å². The maximum Gasteiger partial charge on any atom is 0.241 e. The Bertz CT molecular complexity index is 1120. The molecule has 8 heteroatoms. The van der Waals surface area contributed by atoms with E-state index in [2.05, 4.69) is 33.3 Å². The number of piperidine rings is 1. The van der Waals surface area contributed by atoms with Crippen LogP contribution in [0, 0.1) is 19.8 Å². The fourth-order valence-corrected chi connectivity index (χ4v) is 4.08. The molecule has 0 aliphatic carbocycles. The van der Waals surface area contributed by atoms with Crippen LogP contribution in [0.15, 0.2) is 40.9 Å². The molecule has 4 rings (SSSR count). The first-order valence-corrected chi connectivity index (χ1v) is 11.1. The highest BCUT2D eigenvalue weighted by molar-refractivity contribution is 5.93. The number of ether oxygens (including phenoxy) is 2. The lowest BCUT2D eigenvalue weighted by molar-refractivity contribution is -0.121. The average molecular weight is 451 g/mol. The van der Waals surface area contributed by atoms with Crippen LogP contribution >= 0.6 is 0 Å². The summed E-state index contributed by atoms with van der Waals surface area (Å²) in [6.07, 6.45) is 1.60. The van der Waals surface area contributed by atoms with Crippen LogP contribution < -0.4 is 14.8 Å². The van der Waals surface area contributed by atoms with Crippen LogP contribution in [-0.2, 0) is 11.3 Å². The number of carbonyl (C=O) groups is 1. The summed E-state index contributed by atoms with van der Waals surface area (Å²) in [5, 5.41) is 7.22. The lowest BCUT2D eigenvalue weighted by atomic mass is 9.95. The summed E-state index contributed by atoms with van der Waals surface area (Å²) in [6.45, 7) is 6.26. The van der Waals surface area contributed by atoms with Crippen LogP contribution in [0.2, 0.25) is 0 Å². The second-order valence-corrected chi connectivity index (χ2v) is 8.37. The summed E-state index contributed by atoms with van der Waals surface area (Å²) in [4.78, 5) is 19.5. The van der Waals surface area contributed by atoms with Crippen molar-refractivity contribution < 1.29 is 18.8 Å². The van der Waals surface area contributed by atoms with Crippen molar-refractivity contribution in [2.45, 2.75) is 33.2 Å². The fourth-order valence-electron chi connectivity index (χ4n) is 4.08. The average Bonchev–Trinajstić information content (AvgIpc) is 3.30. The SMILES string of the molecule is COc1ccc(-c2noc(CN3CCC(C(=O)Nc4cccc(C)c4C)CC3)n2)cc1OC. The molecule has 1 fully saturated rings. The third kappa shape index (κ3) is 5.17. The largest absolute Gasteiger partial charge is 0.493 e. The van der Waals surface area contributed by atoms with Crippen molar-refractivity contribution in [3.05, 3.63) is 53.4 Å². The minimum Gasteiger partial charge on any atom is -0.493 e. The lowest BCUT2D eigenvalue weighted by Crippen LogP contribution is -2.37. The van der Waals surface area contributed by atoms with Crippen LogP contribution in [0.1, 0.15) is 29.9 Å². The van der Waals surface area contributed by atoms with Gasteiger partial charge in [-0.25, -0.2) is 0 Å². The van der Waals surface area contributed by atoms with Crippen molar-refractivity contribution in [1.82, 2.24) is 15.0 Å². The first-order valence-electron chi connectivity index (χ1n) is 11.1. The summed E-state index contributed by atoms with van der Waals surface area (Å²) in [5.41, 5.74) is 3.99. The van der Waals surface area contributed by atoms with E-state index in [1.807, 2.05) is 37.3 Å². The number of carbonyl (C=O) groups excluding carboxylic acids is 1. The van der Waals surface area contributed by atoms with Crippen molar-refractivity contribution in [3.63, 3.8) is 0 Å². The molecule has 0 unspecified atom stereocenters. The van der Waals surface area contributed by atoms with Gasteiger partial charge in [0.1, 0.15) is 0 Å². The van der Waals surface area contributed by atoms with E-state index in [4.69, 9.17) is 14.0 Å². The Morgan fingerprint density at radius 3 is 2.61 bits per heavy atom. The number of aromatic nitrogens is 2. The van der Waals surface area contributed by atoms with E-state index in [-0.39, 0.29) is 11.8 Å². The molecule has 0 atom stereocenters. The number of benzene rings is 2. The molecule has 2 aromatic carbocycles. The van der Waals surface area contributed by atoms with Gasteiger partial charge in [0, 0.05) is 17.2 Å². The summed E-state index contributed by atoms with van der Waals surface area (Å²) in [7, 11) is 3.19. The maximum absolute atomic E-state index is 12.8. The normalized spacial score (nSPS) is 14.8. The molecule has 0 spiro atoms. The topological polar surface area (TPSA) is 89.7 Å². The van der Waals surface area contributed by atoms with Crippen LogP contribution in [0.3, 0.4) is 0 Å². The monoisotopic (exact) mass is 450 g/mol. The van der Waals surface area contributed by atoms with E-state index in [1.54, 1.807) is 14.2 Å². The van der Waals surface area contributed by atoms with Crippen molar-refractivity contribution in [3.8, 4) is 22.9 Å². The molecular weight excluding hydrogens is 420 g/mol. The molecule has 8 nitrogen and oxygen atoms in total. The standard InChI is InChI=1S/C25H30N4O4/c1-16-6-5-7-20(17(16)2)26-25(30)18-10-12-29(13-11-18)15-23-27-24(28-33-23)19-8-9-21(31-3)22(14-19)32-4/h5-9,14,18H,10-13,15H2,1-4H3,(H,26,30). The molecule has 1 N–H and O–H groups in total. The second-order valence-electron chi connectivity index (χ2n) is 8.37. The van der Waals surface area contributed by atoms with Crippen LogP contribution in [0.5, 0.6) is 11.5 Å². The van der Waals surface area contributed by atoms with Gasteiger partial charge in [0.25, 0.3) is 0 Å². The van der Waals surface area contributed by atoms with Crippen molar-refractivity contribution in [2.24, 2.45) is 5.92 Å². The van der Waals surface area contributed by atoms with Gasteiger partial charge in [-0.3, -0.25) is 9.69 Å². The van der Waals surface area contributed by atoms with Gasteiger partial charge in [-0.05, 0) is 75.2 Å². The van der Waals surface area contributed by atoms with Gasteiger partial charge in [0.15, 0.2) is 11.5 Å². The predicted octanol–water partition coefficient (Wildman–Crippen LogP) is 4.22. The molecule has 1 amide bonds. The molecule has 1 saturated heterocycles. The van der Waals surface area contributed by atoms with Gasteiger partial charge < -0.3 is 19.3 Å². The molecule has 33 heavy (non-hydrogen) atoms. The summed E-state index contributed by atoms with van der Waals surface area (Å²) >= 11 is 0. The number of anilines is 1. The molecule has 174 valence electrons. The highest BCUT2D eigenvalue weighted by Crippen LogP contribution is 2.31. The van der Waals surface area contributed by atoms with Crippen LogP contribution in [0.25, 0.3) is 11.4 Å². The minimum absolute atomic E-state index is 0.00572. The summed E-state index contributed by atoms with van der Waals surface area (Å²) in [6, 6.07) is 11.5. The number of aryl methyl sites for hydroxylation is 1. The highest BCUT2D eigenvalue weighted by Gasteiger charge is 2.26. The van der Waals surface area contributed by atoms with Crippen molar-refractivity contribution in [1.29, 1.82) is 0 Å². The Hall–Kier alpha value is -3.39. The van der Waals surface area contributed by atoms with Crippen LogP contribution in [-0.4, -0.2) is 48.3 Å². The number of amides is 1. The summed E-state index contributed by atoms with van der Waals surface area (Å²) in [5.74, 6) is 2.42. The molecule has 3 aromatic rings. The molecule has 0 bridgehead atoms. The maximum atomic E-state index is 12.8. The van der Waals surface area contributed by atoms with Gasteiger partial charge in [0.05, 0.1) is 20.8 Å². The van der Waals surface area contributed by atoms with E-state index >= 15 is 0 Å². The fraction of sp³-hybridized carbons (Fsp3) is 0.400. The first kappa shape index (κ1) is 22.8. The third-order valence-electron chi connectivity index (χ3n) is 6.29. The number of hydrogen-bond acceptors (Lipinski definition) is 7. The molecule has 1 aliphatic heterocycles. The zero-order valence-electron chi connectivity index (χ0n) is 19.6. The Labute approximate surface area is 193 Å². The van der Waals surface area contributed by atoms with E-state index in [9.17, 15) is 4.79 Å². The molecular formula is C25H30N4O4. The lowest BCUT2D eigenvalue weighted by Gasteiger charge is -2.30. The molecule has 1 aliphatic rings. The van der Waals surface area contributed by atoms with Gasteiger partial charge in [0.2, 0.25) is 17.6 Å². The Morgan fingerprint density at radius 2 is 1.88 bits per heavy atom. The summed E-state index contributed by atoms with van der Waals surface area (Å²) < 4.78 is 16.1. The van der Waals surface area contributed by atoms with Crippen molar-refractivity contribution in [2.75, 3.05) is 32.6 Å². The van der Waals surface area contributed by atoms with E-state index in [0.717, 1.165) is 42.7 Å². The number of likely N-dealkylation sites (tertiary alicyclic amines) is 1. The Morgan fingerprint density at radius 1 is 1.12 bits per heavy atom. The zero-order chi connectivity index (χ0) is 23.4. The predicted molar refractivity (Wildman–Crippen MR) is 125 cm³/mol. The minimum atomic E-state index is 0.00572. The van der Waals surface area contributed by atoms with E-state index in [0.29, 0.717) is 29.8 Å². The molecule has 1 aromatic heterocycles. The van der Waals surface area contributed by atoms with Crippen LogP contribution in [0.4, 0.5) is 5.69 Å². The van der Waals surface area contributed by atoms with E-state index < -0.39 is 0 Å². The van der Waals surface area contributed by atoms with Gasteiger partial charge in [-0.1, -0.05) is 17.3 Å². The van der Waals surface area contributed by atoms with Gasteiger partial charge >= 0.3 is 0 Å². The van der Waals surface area contributed by atoms with Gasteiger partial charge in [-0.2, -0.15) is 4.98 Å². The Balaban J connectivity index is 1.32. The molecule has 2 heterocycles. The number of rotatable bonds is 7. The quantitative estimate of drug-likeness (QED) is 0.576. The number of hydrogen-bond donors (Lipinski definition) is 1. The first-order chi connectivity index (χ1) is 16.0. The van der Waals surface area contributed by atoms with E-state index in [1.165, 1.54) is 5.56 Å². The molecule has 0 saturated carbocycles. The number of nitrogens with one attached hydrogen (secondary N) is 1. The third-order valence-corrected chi connectivity index (χ3v) is 6.29. The Kier molecular flexibility index (Phi) is 6.93. The highest BCUT2D eigenvalue weighted by atomic mass is 16.5.